The normalized spacial score (nSPS) is 11.3. The minimum atomic E-state index is -0.519. The Balaban J connectivity index is 2.64. The van der Waals surface area contributed by atoms with Gasteiger partial charge in [-0.2, -0.15) is 5.26 Å². The summed E-state index contributed by atoms with van der Waals surface area (Å²) in [4.78, 5) is 11.1. The lowest BCUT2D eigenvalue weighted by Gasteiger charge is -2.12. The molecule has 4 nitrogen and oxygen atoms in total. The van der Waals surface area contributed by atoms with Crippen molar-refractivity contribution in [2.45, 2.75) is 12.5 Å². The van der Waals surface area contributed by atoms with E-state index < -0.39 is 6.04 Å². The van der Waals surface area contributed by atoms with Crippen LogP contribution in [0.15, 0.2) is 28.7 Å². The number of amides is 1. The van der Waals surface area contributed by atoms with Gasteiger partial charge in [-0.25, -0.2) is 0 Å². The van der Waals surface area contributed by atoms with Crippen molar-refractivity contribution < 1.29 is 4.79 Å². The third kappa shape index (κ3) is 3.91. The van der Waals surface area contributed by atoms with E-state index in [9.17, 15) is 4.79 Å². The van der Waals surface area contributed by atoms with Crippen LogP contribution in [0.4, 0.5) is 5.69 Å². The molecular formula is C11H12BrN3O. The molecule has 0 aliphatic heterocycles. The Morgan fingerprint density at radius 2 is 2.38 bits per heavy atom. The van der Waals surface area contributed by atoms with E-state index in [4.69, 9.17) is 5.26 Å². The molecule has 0 aliphatic carbocycles. The van der Waals surface area contributed by atoms with Crippen LogP contribution in [0.1, 0.15) is 6.42 Å². The monoisotopic (exact) mass is 281 g/mol. The molecule has 16 heavy (non-hydrogen) atoms. The van der Waals surface area contributed by atoms with Crippen LogP contribution in [0, 0.1) is 11.3 Å². The molecule has 2 N–H and O–H groups in total. The van der Waals surface area contributed by atoms with E-state index in [2.05, 4.69) is 26.6 Å². The second-order valence-electron chi connectivity index (χ2n) is 3.21. The molecule has 0 radical (unpaired) electrons. The van der Waals surface area contributed by atoms with Crippen LogP contribution in [0.5, 0.6) is 0 Å². The van der Waals surface area contributed by atoms with Crippen molar-refractivity contribution in [2.75, 3.05) is 12.4 Å². The maximum Gasteiger partial charge on any atom is 0.222 e. The summed E-state index contributed by atoms with van der Waals surface area (Å²) in [6, 6.07) is 8.99. The van der Waals surface area contributed by atoms with Crippen molar-refractivity contribution in [2.24, 2.45) is 0 Å². The minimum absolute atomic E-state index is 0.138. The van der Waals surface area contributed by atoms with Crippen molar-refractivity contribution in [3.05, 3.63) is 28.7 Å². The number of halogens is 1. The Kier molecular flexibility index (Phi) is 4.80. The zero-order valence-corrected chi connectivity index (χ0v) is 10.4. The lowest BCUT2D eigenvalue weighted by atomic mass is 10.2. The molecule has 1 atom stereocenters. The van der Waals surface area contributed by atoms with Gasteiger partial charge in [-0.3, -0.25) is 4.79 Å². The summed E-state index contributed by atoms with van der Waals surface area (Å²) < 4.78 is 0.925. The van der Waals surface area contributed by atoms with Crippen LogP contribution < -0.4 is 10.6 Å². The molecule has 1 aromatic rings. The van der Waals surface area contributed by atoms with E-state index in [0.717, 1.165) is 10.2 Å². The molecule has 1 aromatic carbocycles. The lowest BCUT2D eigenvalue weighted by molar-refractivity contribution is -0.120. The summed E-state index contributed by atoms with van der Waals surface area (Å²) in [5.74, 6) is -0.158. The van der Waals surface area contributed by atoms with Crippen molar-refractivity contribution in [1.82, 2.24) is 5.32 Å². The third-order valence-electron chi connectivity index (χ3n) is 1.99. The van der Waals surface area contributed by atoms with Gasteiger partial charge in [0.15, 0.2) is 0 Å². The first-order chi connectivity index (χ1) is 7.65. The van der Waals surface area contributed by atoms with Crippen LogP contribution >= 0.6 is 15.9 Å². The number of anilines is 1. The summed E-state index contributed by atoms with van der Waals surface area (Å²) in [7, 11) is 1.55. The Labute approximate surface area is 103 Å². The highest BCUT2D eigenvalue weighted by Gasteiger charge is 2.11. The maximum absolute atomic E-state index is 11.1. The topological polar surface area (TPSA) is 64.9 Å². The summed E-state index contributed by atoms with van der Waals surface area (Å²) in [5, 5.41) is 14.4. The van der Waals surface area contributed by atoms with Gasteiger partial charge in [-0.15, -0.1) is 0 Å². The molecule has 1 unspecified atom stereocenters. The number of nitrogens with one attached hydrogen (secondary N) is 2. The number of hydrogen-bond donors (Lipinski definition) is 2. The van der Waals surface area contributed by atoms with Crippen molar-refractivity contribution >= 4 is 27.5 Å². The fourth-order valence-electron chi connectivity index (χ4n) is 1.20. The van der Waals surface area contributed by atoms with Crippen molar-refractivity contribution in [1.29, 1.82) is 5.26 Å². The van der Waals surface area contributed by atoms with E-state index in [0.29, 0.717) is 0 Å². The number of rotatable bonds is 4. The number of hydrogen-bond acceptors (Lipinski definition) is 3. The number of nitrogens with zero attached hydrogens (tertiary/aromatic N) is 1. The van der Waals surface area contributed by atoms with Crippen LogP contribution in [0.3, 0.4) is 0 Å². The van der Waals surface area contributed by atoms with Gasteiger partial charge in [0.2, 0.25) is 5.91 Å². The fraction of sp³-hybridized carbons (Fsp3) is 0.273. The summed E-state index contributed by atoms with van der Waals surface area (Å²) in [6.45, 7) is 0. The van der Waals surface area contributed by atoms with Crippen LogP contribution in [-0.2, 0) is 4.79 Å². The molecule has 1 amide bonds. The van der Waals surface area contributed by atoms with Gasteiger partial charge >= 0.3 is 0 Å². The van der Waals surface area contributed by atoms with Crippen LogP contribution in [-0.4, -0.2) is 19.0 Å². The highest BCUT2D eigenvalue weighted by Crippen LogP contribution is 2.16. The molecule has 0 spiro atoms. The molecule has 84 valence electrons. The van der Waals surface area contributed by atoms with Gasteiger partial charge < -0.3 is 10.6 Å². The predicted molar refractivity (Wildman–Crippen MR) is 65.8 cm³/mol. The predicted octanol–water partition coefficient (Wildman–Crippen LogP) is 1.89. The lowest BCUT2D eigenvalue weighted by Crippen LogP contribution is -2.27. The van der Waals surface area contributed by atoms with Crippen molar-refractivity contribution in [3.8, 4) is 6.07 Å². The average molecular weight is 282 g/mol. The molecule has 0 aliphatic rings. The van der Waals surface area contributed by atoms with Gasteiger partial charge in [0.1, 0.15) is 6.04 Å². The van der Waals surface area contributed by atoms with Gasteiger partial charge in [-0.05, 0) is 18.2 Å². The molecule has 0 saturated carbocycles. The first kappa shape index (κ1) is 12.5. The van der Waals surface area contributed by atoms with Gasteiger partial charge in [0.25, 0.3) is 0 Å². The average Bonchev–Trinajstić information content (AvgIpc) is 2.28. The second-order valence-corrected chi connectivity index (χ2v) is 4.13. The van der Waals surface area contributed by atoms with Gasteiger partial charge in [0.05, 0.1) is 12.5 Å². The van der Waals surface area contributed by atoms with E-state index in [1.165, 1.54) is 0 Å². The molecule has 0 bridgehead atoms. The Bertz CT molecular complexity index is 414. The number of nitriles is 1. The van der Waals surface area contributed by atoms with Crippen LogP contribution in [0.2, 0.25) is 0 Å². The van der Waals surface area contributed by atoms with Crippen LogP contribution in [0.25, 0.3) is 0 Å². The molecule has 0 heterocycles. The summed E-state index contributed by atoms with van der Waals surface area (Å²) >= 11 is 3.34. The molecule has 0 saturated heterocycles. The maximum atomic E-state index is 11.1. The zero-order valence-electron chi connectivity index (χ0n) is 8.83. The second kappa shape index (κ2) is 6.13. The first-order valence-corrected chi connectivity index (χ1v) is 5.57. The van der Waals surface area contributed by atoms with E-state index >= 15 is 0 Å². The molecule has 0 fully saturated rings. The fourth-order valence-corrected chi connectivity index (χ4v) is 1.60. The smallest absolute Gasteiger partial charge is 0.222 e. The van der Waals surface area contributed by atoms with Gasteiger partial charge in [0, 0.05) is 17.2 Å². The molecule has 5 heteroatoms. The molecular weight excluding hydrogens is 270 g/mol. The minimum Gasteiger partial charge on any atom is -0.369 e. The standard InChI is InChI=1S/C11H12BrN3O/c1-14-11(16)6-10(7-13)15-9-4-2-3-8(12)5-9/h2-5,10,15H,6H2,1H3,(H,14,16). The Morgan fingerprint density at radius 1 is 1.62 bits per heavy atom. The molecule has 0 aromatic heterocycles. The zero-order chi connectivity index (χ0) is 12.0. The first-order valence-electron chi connectivity index (χ1n) is 4.78. The summed E-state index contributed by atoms with van der Waals surface area (Å²) in [5.41, 5.74) is 0.810. The van der Waals surface area contributed by atoms with E-state index in [-0.39, 0.29) is 12.3 Å². The number of benzene rings is 1. The highest BCUT2D eigenvalue weighted by molar-refractivity contribution is 9.10. The number of carbonyl (C=O) groups excluding carboxylic acids is 1. The largest absolute Gasteiger partial charge is 0.369 e. The van der Waals surface area contributed by atoms with E-state index in [1.807, 2.05) is 30.3 Å². The third-order valence-corrected chi connectivity index (χ3v) is 2.48. The number of carbonyl (C=O) groups is 1. The Hall–Kier alpha value is -1.54. The highest BCUT2D eigenvalue weighted by atomic mass is 79.9. The quantitative estimate of drug-likeness (QED) is 0.886. The van der Waals surface area contributed by atoms with Gasteiger partial charge in [-0.1, -0.05) is 22.0 Å². The SMILES string of the molecule is CNC(=O)CC(C#N)Nc1cccc(Br)c1. The molecule has 1 rings (SSSR count). The summed E-state index contributed by atoms with van der Waals surface area (Å²) in [6.07, 6.45) is 0.138. The van der Waals surface area contributed by atoms with Crippen molar-refractivity contribution in [3.63, 3.8) is 0 Å². The Morgan fingerprint density at radius 3 is 2.94 bits per heavy atom. The van der Waals surface area contributed by atoms with E-state index in [1.54, 1.807) is 7.05 Å².